The lowest BCUT2D eigenvalue weighted by molar-refractivity contribution is -0.140. The quantitative estimate of drug-likeness (QED) is 0.796. The number of halogens is 1. The Kier molecular flexibility index (Phi) is 3.92. The van der Waals surface area contributed by atoms with Gasteiger partial charge in [0.05, 0.1) is 6.10 Å². The van der Waals surface area contributed by atoms with Crippen LogP contribution in [0.5, 0.6) is 0 Å². The number of alkyl halides is 1. The van der Waals surface area contributed by atoms with Crippen LogP contribution in [0.15, 0.2) is 0 Å². The van der Waals surface area contributed by atoms with Crippen LogP contribution in [0.2, 0.25) is 0 Å². The second-order valence-corrected chi connectivity index (χ2v) is 5.80. The Balaban J connectivity index is 2.01. The summed E-state index contributed by atoms with van der Waals surface area (Å²) in [6, 6.07) is 0.0336. The molecule has 0 aromatic rings. The zero-order valence-corrected chi connectivity index (χ0v) is 11.2. The predicted octanol–water partition coefficient (Wildman–Crippen LogP) is 0.792. The lowest BCUT2D eigenvalue weighted by Gasteiger charge is -2.35. The van der Waals surface area contributed by atoms with Gasteiger partial charge in [0.1, 0.15) is 0 Å². The highest BCUT2D eigenvalue weighted by atomic mass is 19.1. The van der Waals surface area contributed by atoms with Crippen molar-refractivity contribution in [1.29, 1.82) is 0 Å². The molecule has 2 rings (SSSR count). The second-order valence-electron chi connectivity index (χ2n) is 5.80. The Hall–Kier alpha value is -0.680. The Morgan fingerprint density at radius 1 is 1.39 bits per heavy atom. The predicted molar refractivity (Wildman–Crippen MR) is 67.0 cm³/mol. The molecule has 1 aliphatic carbocycles. The van der Waals surface area contributed by atoms with E-state index in [-0.39, 0.29) is 25.1 Å². The van der Waals surface area contributed by atoms with Gasteiger partial charge in [0.2, 0.25) is 5.67 Å². The van der Waals surface area contributed by atoms with Gasteiger partial charge in [0.15, 0.2) is 0 Å². The Morgan fingerprint density at radius 2 is 2.06 bits per heavy atom. The Morgan fingerprint density at radius 3 is 2.67 bits per heavy atom. The number of amides is 1. The molecule has 4 nitrogen and oxygen atoms in total. The van der Waals surface area contributed by atoms with Crippen molar-refractivity contribution in [1.82, 2.24) is 9.80 Å². The van der Waals surface area contributed by atoms with Gasteiger partial charge in [-0.3, -0.25) is 9.69 Å². The number of rotatable bonds is 2. The van der Waals surface area contributed by atoms with Crippen molar-refractivity contribution in [2.45, 2.75) is 49.9 Å². The topological polar surface area (TPSA) is 43.8 Å². The van der Waals surface area contributed by atoms with E-state index in [0.717, 1.165) is 25.7 Å². The summed E-state index contributed by atoms with van der Waals surface area (Å²) in [5.74, 6) is -0.449. The molecule has 1 heterocycles. The van der Waals surface area contributed by atoms with Crippen LogP contribution in [-0.2, 0) is 4.79 Å². The molecule has 2 fully saturated rings. The molecule has 0 aromatic heterocycles. The van der Waals surface area contributed by atoms with Crippen LogP contribution in [0.4, 0.5) is 4.39 Å². The summed E-state index contributed by atoms with van der Waals surface area (Å²) in [5.41, 5.74) is -1.76. The number of hydrogen-bond donors (Lipinski definition) is 1. The molecule has 1 N–H and O–H groups in total. The zero-order valence-electron chi connectivity index (χ0n) is 11.2. The maximum Gasteiger partial charge on any atom is 0.261 e. The third-order valence-corrected chi connectivity index (χ3v) is 4.20. The van der Waals surface area contributed by atoms with Crippen molar-refractivity contribution in [2.24, 2.45) is 0 Å². The SMILES string of the molecule is CN(C)C(=O)C1(F)CCN(C2CCCCC2O)C1. The van der Waals surface area contributed by atoms with E-state index in [1.807, 2.05) is 4.90 Å². The van der Waals surface area contributed by atoms with E-state index in [9.17, 15) is 14.3 Å². The van der Waals surface area contributed by atoms with Crippen molar-refractivity contribution >= 4 is 5.91 Å². The number of likely N-dealkylation sites (tertiary alicyclic amines) is 1. The molecule has 1 saturated carbocycles. The summed E-state index contributed by atoms with van der Waals surface area (Å²) >= 11 is 0. The highest BCUT2D eigenvalue weighted by molar-refractivity contribution is 5.85. The van der Waals surface area contributed by atoms with Gasteiger partial charge in [-0.15, -0.1) is 0 Å². The molecule has 0 bridgehead atoms. The molecule has 1 saturated heterocycles. The molecule has 2 aliphatic rings. The molecule has 1 amide bonds. The van der Waals surface area contributed by atoms with Crippen LogP contribution in [0.1, 0.15) is 32.1 Å². The molecule has 18 heavy (non-hydrogen) atoms. The molecule has 104 valence electrons. The number of aliphatic hydroxyl groups excluding tert-OH is 1. The average molecular weight is 258 g/mol. The van der Waals surface area contributed by atoms with Crippen molar-refractivity contribution in [2.75, 3.05) is 27.2 Å². The van der Waals surface area contributed by atoms with Gasteiger partial charge in [0.25, 0.3) is 5.91 Å². The summed E-state index contributed by atoms with van der Waals surface area (Å²) < 4.78 is 14.6. The van der Waals surface area contributed by atoms with Gasteiger partial charge in [0, 0.05) is 39.6 Å². The summed E-state index contributed by atoms with van der Waals surface area (Å²) in [5, 5.41) is 9.99. The summed E-state index contributed by atoms with van der Waals surface area (Å²) in [7, 11) is 3.17. The maximum absolute atomic E-state index is 14.6. The lowest BCUT2D eigenvalue weighted by Crippen LogP contribution is -2.49. The van der Waals surface area contributed by atoms with Crippen molar-refractivity contribution < 1.29 is 14.3 Å². The minimum Gasteiger partial charge on any atom is -0.391 e. The van der Waals surface area contributed by atoms with Gasteiger partial charge in [-0.1, -0.05) is 12.8 Å². The molecule has 1 aliphatic heterocycles. The summed E-state index contributed by atoms with van der Waals surface area (Å²) in [4.78, 5) is 15.1. The Labute approximate surface area is 108 Å². The fourth-order valence-electron chi connectivity index (χ4n) is 3.18. The molecular weight excluding hydrogens is 235 g/mol. The van der Waals surface area contributed by atoms with E-state index < -0.39 is 11.6 Å². The summed E-state index contributed by atoms with van der Waals surface area (Å²) in [6.45, 7) is 0.698. The van der Waals surface area contributed by atoms with Gasteiger partial charge in [-0.05, 0) is 12.8 Å². The van der Waals surface area contributed by atoms with E-state index in [4.69, 9.17) is 0 Å². The first kappa shape index (κ1) is 13.7. The zero-order chi connectivity index (χ0) is 13.3. The van der Waals surface area contributed by atoms with Crippen molar-refractivity contribution in [3.63, 3.8) is 0 Å². The largest absolute Gasteiger partial charge is 0.391 e. The first-order valence-corrected chi connectivity index (χ1v) is 6.77. The van der Waals surface area contributed by atoms with Crippen LogP contribution in [0.25, 0.3) is 0 Å². The van der Waals surface area contributed by atoms with Crippen molar-refractivity contribution in [3.8, 4) is 0 Å². The molecule has 3 unspecified atom stereocenters. The monoisotopic (exact) mass is 258 g/mol. The van der Waals surface area contributed by atoms with Crippen LogP contribution < -0.4 is 0 Å². The fraction of sp³-hybridized carbons (Fsp3) is 0.923. The number of nitrogens with zero attached hydrogens (tertiary/aromatic N) is 2. The summed E-state index contributed by atoms with van der Waals surface area (Å²) in [6.07, 6.45) is 3.71. The number of carbonyl (C=O) groups is 1. The van der Waals surface area contributed by atoms with Crippen LogP contribution in [0, 0.1) is 0 Å². The molecule has 5 heteroatoms. The second kappa shape index (κ2) is 5.13. The fourth-order valence-corrected chi connectivity index (χ4v) is 3.18. The van der Waals surface area contributed by atoms with E-state index in [1.165, 1.54) is 4.90 Å². The minimum atomic E-state index is -1.76. The van der Waals surface area contributed by atoms with Crippen molar-refractivity contribution in [3.05, 3.63) is 0 Å². The third-order valence-electron chi connectivity index (χ3n) is 4.20. The molecule has 0 radical (unpaired) electrons. The minimum absolute atomic E-state index is 0.0336. The van der Waals surface area contributed by atoms with Gasteiger partial charge >= 0.3 is 0 Å². The van der Waals surface area contributed by atoms with E-state index in [0.29, 0.717) is 6.54 Å². The number of aliphatic hydroxyl groups is 1. The van der Waals surface area contributed by atoms with E-state index >= 15 is 0 Å². The van der Waals surface area contributed by atoms with Gasteiger partial charge < -0.3 is 10.0 Å². The third kappa shape index (κ3) is 2.52. The van der Waals surface area contributed by atoms with Crippen LogP contribution in [-0.4, -0.2) is 65.8 Å². The molecular formula is C13H23FN2O2. The van der Waals surface area contributed by atoms with Gasteiger partial charge in [-0.2, -0.15) is 0 Å². The van der Waals surface area contributed by atoms with E-state index in [2.05, 4.69) is 0 Å². The van der Waals surface area contributed by atoms with Crippen LogP contribution in [0.3, 0.4) is 0 Å². The molecule has 0 spiro atoms. The number of hydrogen-bond acceptors (Lipinski definition) is 3. The molecule has 3 atom stereocenters. The smallest absolute Gasteiger partial charge is 0.261 e. The standard InChI is InChI=1S/C13H23FN2O2/c1-15(2)12(18)13(14)7-8-16(9-13)10-5-3-4-6-11(10)17/h10-11,17H,3-9H2,1-2H3. The van der Waals surface area contributed by atoms with Crippen LogP contribution >= 0.6 is 0 Å². The average Bonchev–Trinajstić information content (AvgIpc) is 2.72. The van der Waals surface area contributed by atoms with Gasteiger partial charge in [-0.25, -0.2) is 4.39 Å². The first-order valence-electron chi connectivity index (χ1n) is 6.77. The highest BCUT2D eigenvalue weighted by Crippen LogP contribution is 2.33. The molecule has 0 aromatic carbocycles. The normalized spacial score (nSPS) is 37.8. The number of carbonyl (C=O) groups excluding carboxylic acids is 1. The lowest BCUT2D eigenvalue weighted by atomic mass is 9.91. The highest BCUT2D eigenvalue weighted by Gasteiger charge is 2.48. The first-order chi connectivity index (χ1) is 8.44. The maximum atomic E-state index is 14.6. The Bertz CT molecular complexity index is 324. The van der Waals surface area contributed by atoms with E-state index in [1.54, 1.807) is 14.1 Å².